The van der Waals surface area contributed by atoms with Gasteiger partial charge in [0.1, 0.15) is 0 Å². The molecule has 1 aromatic carbocycles. The number of piperazine rings is 1. The lowest BCUT2D eigenvalue weighted by Crippen LogP contribution is -2.53. The van der Waals surface area contributed by atoms with Crippen molar-refractivity contribution in [3.05, 3.63) is 29.3 Å². The summed E-state index contributed by atoms with van der Waals surface area (Å²) in [6.45, 7) is 8.17. The maximum Gasteiger partial charge on any atom is 0.221 e. The molecule has 1 aliphatic heterocycles. The number of carbonyl (C=O) groups excluding carboxylic acids is 1. The van der Waals surface area contributed by atoms with Crippen LogP contribution >= 0.6 is 35.6 Å². The first-order valence-corrected chi connectivity index (χ1v) is 9.67. The predicted molar refractivity (Wildman–Crippen MR) is 125 cm³/mol. The predicted octanol–water partition coefficient (Wildman–Crippen LogP) is 2.96. The number of para-hydroxylation sites is 1. The number of halogens is 2. The first-order chi connectivity index (χ1) is 12.5. The Balaban J connectivity index is 0.00000364. The Labute approximate surface area is 184 Å². The highest BCUT2D eigenvalue weighted by Gasteiger charge is 2.21. The minimum Gasteiger partial charge on any atom is -0.367 e. The summed E-state index contributed by atoms with van der Waals surface area (Å²) in [4.78, 5) is 20.7. The van der Waals surface area contributed by atoms with Crippen LogP contribution in [-0.2, 0) is 4.79 Å². The average Bonchev–Trinajstić information content (AvgIpc) is 2.66. The van der Waals surface area contributed by atoms with Gasteiger partial charge in [-0.25, -0.2) is 0 Å². The van der Waals surface area contributed by atoms with Gasteiger partial charge in [0.15, 0.2) is 5.96 Å². The maximum atomic E-state index is 11.9. The third-order valence-corrected chi connectivity index (χ3v) is 4.96. The van der Waals surface area contributed by atoms with Gasteiger partial charge in [-0.3, -0.25) is 9.79 Å². The molecule has 1 fully saturated rings. The summed E-state index contributed by atoms with van der Waals surface area (Å²) in [6, 6.07) is 8.17. The second-order valence-corrected chi connectivity index (χ2v) is 6.93. The van der Waals surface area contributed by atoms with Crippen molar-refractivity contribution in [2.45, 2.75) is 32.7 Å². The summed E-state index contributed by atoms with van der Waals surface area (Å²) in [5, 5.41) is 7.06. The van der Waals surface area contributed by atoms with Gasteiger partial charge in [0.2, 0.25) is 5.91 Å². The number of amides is 1. The highest BCUT2D eigenvalue weighted by atomic mass is 127. The molecule has 152 valence electrons. The Morgan fingerprint density at radius 2 is 1.93 bits per heavy atom. The van der Waals surface area contributed by atoms with Crippen LogP contribution in [0.1, 0.15) is 26.7 Å². The van der Waals surface area contributed by atoms with Crippen molar-refractivity contribution in [2.24, 2.45) is 4.99 Å². The molecule has 0 saturated carbocycles. The molecule has 6 nitrogen and oxygen atoms in total. The fraction of sp³-hybridized carbons (Fsp3) is 0.579. The highest BCUT2D eigenvalue weighted by Crippen LogP contribution is 2.25. The van der Waals surface area contributed by atoms with Crippen molar-refractivity contribution in [3.8, 4) is 0 Å². The molecule has 1 aliphatic rings. The van der Waals surface area contributed by atoms with Crippen LogP contribution in [0.4, 0.5) is 5.69 Å². The van der Waals surface area contributed by atoms with Crippen LogP contribution in [0.25, 0.3) is 0 Å². The van der Waals surface area contributed by atoms with E-state index in [0.717, 1.165) is 49.3 Å². The van der Waals surface area contributed by atoms with Crippen LogP contribution in [0.3, 0.4) is 0 Å². The van der Waals surface area contributed by atoms with Crippen molar-refractivity contribution in [3.63, 3.8) is 0 Å². The fourth-order valence-electron chi connectivity index (χ4n) is 2.94. The Hall–Kier alpha value is -1.22. The van der Waals surface area contributed by atoms with Gasteiger partial charge in [-0.05, 0) is 25.5 Å². The van der Waals surface area contributed by atoms with E-state index in [2.05, 4.69) is 38.4 Å². The summed E-state index contributed by atoms with van der Waals surface area (Å²) in [7, 11) is 1.78. The first-order valence-electron chi connectivity index (χ1n) is 9.29. The zero-order valence-corrected chi connectivity index (χ0v) is 19.5. The largest absolute Gasteiger partial charge is 0.367 e. The molecule has 1 heterocycles. The zero-order valence-electron chi connectivity index (χ0n) is 16.4. The van der Waals surface area contributed by atoms with E-state index in [9.17, 15) is 4.79 Å². The lowest BCUT2D eigenvalue weighted by atomic mass is 10.2. The van der Waals surface area contributed by atoms with Gasteiger partial charge in [0.05, 0.1) is 10.7 Å². The van der Waals surface area contributed by atoms with E-state index < -0.39 is 0 Å². The Kier molecular flexibility index (Phi) is 10.8. The molecule has 1 amide bonds. The zero-order chi connectivity index (χ0) is 18.9. The number of anilines is 1. The van der Waals surface area contributed by atoms with E-state index in [1.807, 2.05) is 25.1 Å². The molecule has 8 heteroatoms. The van der Waals surface area contributed by atoms with Gasteiger partial charge in [-0.2, -0.15) is 0 Å². The second kappa shape index (κ2) is 12.3. The smallest absolute Gasteiger partial charge is 0.221 e. The van der Waals surface area contributed by atoms with Crippen molar-refractivity contribution in [2.75, 3.05) is 44.7 Å². The van der Waals surface area contributed by atoms with Gasteiger partial charge in [-0.15, -0.1) is 24.0 Å². The van der Waals surface area contributed by atoms with Gasteiger partial charge in [0.25, 0.3) is 0 Å². The number of hydrogen-bond donors (Lipinski definition) is 2. The van der Waals surface area contributed by atoms with Gasteiger partial charge < -0.3 is 20.4 Å². The number of hydrogen-bond acceptors (Lipinski definition) is 3. The third kappa shape index (κ3) is 7.37. The lowest BCUT2D eigenvalue weighted by Gasteiger charge is -2.38. The fourth-order valence-corrected chi connectivity index (χ4v) is 3.19. The van der Waals surface area contributed by atoms with E-state index in [1.54, 1.807) is 7.05 Å². The molecule has 2 N–H and O–H groups in total. The normalized spacial score (nSPS) is 15.8. The molecule has 1 aromatic rings. The van der Waals surface area contributed by atoms with Crippen molar-refractivity contribution in [1.29, 1.82) is 0 Å². The SMILES string of the molecule is CCC(C)NC(=O)CCNC(=NC)N1CCN(c2ccccc2Cl)CC1.I. The summed E-state index contributed by atoms with van der Waals surface area (Å²) in [5.74, 6) is 0.922. The molecule has 0 bridgehead atoms. The summed E-state index contributed by atoms with van der Waals surface area (Å²) < 4.78 is 0. The van der Waals surface area contributed by atoms with Crippen LogP contribution < -0.4 is 15.5 Å². The topological polar surface area (TPSA) is 60.0 Å². The molecular weight excluding hydrogens is 477 g/mol. The first kappa shape index (κ1) is 23.8. The van der Waals surface area contributed by atoms with E-state index in [1.165, 1.54) is 0 Å². The quantitative estimate of drug-likeness (QED) is 0.353. The number of aliphatic imine (C=N–C) groups is 1. The van der Waals surface area contributed by atoms with Crippen LogP contribution in [0, 0.1) is 0 Å². The Bertz CT molecular complexity index is 620. The molecule has 1 saturated heterocycles. The summed E-state index contributed by atoms with van der Waals surface area (Å²) >= 11 is 6.30. The Morgan fingerprint density at radius 1 is 1.26 bits per heavy atom. The van der Waals surface area contributed by atoms with Crippen molar-refractivity contribution < 1.29 is 4.79 Å². The number of guanidine groups is 1. The molecule has 1 atom stereocenters. The number of benzene rings is 1. The van der Waals surface area contributed by atoms with E-state index >= 15 is 0 Å². The van der Waals surface area contributed by atoms with Crippen LogP contribution in [0.5, 0.6) is 0 Å². The second-order valence-electron chi connectivity index (χ2n) is 6.53. The molecule has 2 rings (SSSR count). The molecular formula is C19H31ClIN5O. The van der Waals surface area contributed by atoms with E-state index in [0.29, 0.717) is 13.0 Å². The van der Waals surface area contributed by atoms with Crippen LogP contribution in [0.2, 0.25) is 5.02 Å². The maximum absolute atomic E-state index is 11.9. The minimum atomic E-state index is 0. The van der Waals surface area contributed by atoms with Crippen molar-refractivity contribution in [1.82, 2.24) is 15.5 Å². The average molecular weight is 508 g/mol. The third-order valence-electron chi connectivity index (χ3n) is 4.64. The standard InChI is InChI=1S/C19H30ClN5O.HI/c1-4-15(2)23-18(26)9-10-22-19(21-3)25-13-11-24(12-14-25)17-8-6-5-7-16(17)20;/h5-8,15H,4,9-14H2,1-3H3,(H,21,22)(H,23,26);1H. The van der Waals surface area contributed by atoms with Crippen LogP contribution in [0.15, 0.2) is 29.3 Å². The number of nitrogens with one attached hydrogen (secondary N) is 2. The molecule has 0 aromatic heterocycles. The van der Waals surface area contributed by atoms with Gasteiger partial charge in [-0.1, -0.05) is 30.7 Å². The molecule has 0 radical (unpaired) electrons. The molecule has 1 unspecified atom stereocenters. The molecule has 0 spiro atoms. The number of nitrogens with zero attached hydrogens (tertiary/aromatic N) is 3. The van der Waals surface area contributed by atoms with E-state index in [-0.39, 0.29) is 35.9 Å². The summed E-state index contributed by atoms with van der Waals surface area (Å²) in [6.07, 6.45) is 1.39. The van der Waals surface area contributed by atoms with Crippen LogP contribution in [-0.4, -0.2) is 62.6 Å². The number of rotatable bonds is 6. The van der Waals surface area contributed by atoms with Gasteiger partial charge in [0, 0.05) is 52.2 Å². The Morgan fingerprint density at radius 3 is 2.52 bits per heavy atom. The minimum absolute atomic E-state index is 0. The monoisotopic (exact) mass is 507 g/mol. The summed E-state index contributed by atoms with van der Waals surface area (Å²) in [5.41, 5.74) is 1.08. The number of carbonyl (C=O) groups is 1. The lowest BCUT2D eigenvalue weighted by molar-refractivity contribution is -0.121. The van der Waals surface area contributed by atoms with Gasteiger partial charge >= 0.3 is 0 Å². The van der Waals surface area contributed by atoms with Crippen molar-refractivity contribution >= 4 is 53.1 Å². The molecule has 0 aliphatic carbocycles. The van der Waals surface area contributed by atoms with E-state index in [4.69, 9.17) is 11.6 Å². The molecule has 27 heavy (non-hydrogen) atoms. The highest BCUT2D eigenvalue weighted by molar-refractivity contribution is 14.0.